The first-order valence-electron chi connectivity index (χ1n) is 5.92. The molecule has 20 heavy (non-hydrogen) atoms. The molecule has 1 heterocycles. The van der Waals surface area contributed by atoms with E-state index in [-0.39, 0.29) is 13.2 Å². The van der Waals surface area contributed by atoms with Crippen LogP contribution >= 0.6 is 0 Å². The van der Waals surface area contributed by atoms with Crippen LogP contribution in [0.3, 0.4) is 0 Å². The molecule has 0 saturated heterocycles. The summed E-state index contributed by atoms with van der Waals surface area (Å²) in [6, 6.07) is 7.01. The molecule has 1 aromatic heterocycles. The van der Waals surface area contributed by atoms with Crippen LogP contribution in [0.15, 0.2) is 30.5 Å². The maximum absolute atomic E-state index is 12.0. The van der Waals surface area contributed by atoms with Crippen molar-refractivity contribution in [1.82, 2.24) is 9.88 Å². The second kappa shape index (κ2) is 5.54. The highest BCUT2D eigenvalue weighted by molar-refractivity contribution is 5.85. The molecule has 2 aromatic rings. The Morgan fingerprint density at radius 1 is 1.30 bits per heavy atom. The molecule has 0 radical (unpaired) electrons. The monoisotopic (exact) mass is 286 g/mol. The Morgan fingerprint density at radius 3 is 2.70 bits per heavy atom. The molecule has 0 bridgehead atoms. The smallest absolute Gasteiger partial charge is 0.392 e. The van der Waals surface area contributed by atoms with Crippen molar-refractivity contribution >= 4 is 16.8 Å². The fourth-order valence-corrected chi connectivity index (χ4v) is 2.01. The number of hydrogen-bond donors (Lipinski definition) is 2. The van der Waals surface area contributed by atoms with Crippen LogP contribution in [0.5, 0.6) is 0 Å². The zero-order chi connectivity index (χ0) is 14.8. The summed E-state index contributed by atoms with van der Waals surface area (Å²) < 4.78 is 37.6. The van der Waals surface area contributed by atoms with E-state index in [4.69, 9.17) is 0 Å². The summed E-state index contributed by atoms with van der Waals surface area (Å²) in [7, 11) is 0. The van der Waals surface area contributed by atoms with Gasteiger partial charge in [0.05, 0.1) is 12.1 Å². The van der Waals surface area contributed by atoms with Crippen LogP contribution in [0.2, 0.25) is 0 Å². The fraction of sp³-hybridized carbons (Fsp3) is 0.308. The molecule has 0 fully saturated rings. The topological polar surface area (TPSA) is 54.3 Å². The molecule has 2 rings (SSSR count). The standard InChI is InChI=1S/C13H13F3N2O2/c14-13(15,16)8-17-11(20)6-18-5-4-9-2-1-3-10(7-19)12(9)18/h1-5,19H,6-8H2,(H,17,20). The number of halogens is 3. The van der Waals surface area contributed by atoms with Crippen molar-refractivity contribution < 1.29 is 23.1 Å². The van der Waals surface area contributed by atoms with Gasteiger partial charge in [0.15, 0.2) is 0 Å². The highest BCUT2D eigenvalue weighted by Crippen LogP contribution is 2.20. The Balaban J connectivity index is 2.16. The number of aliphatic hydroxyl groups excluding tert-OH is 1. The Bertz CT molecular complexity index is 620. The molecular formula is C13H13F3N2O2. The average molecular weight is 286 g/mol. The lowest BCUT2D eigenvalue weighted by Gasteiger charge is -2.10. The third-order valence-electron chi connectivity index (χ3n) is 2.84. The molecule has 0 spiro atoms. The maximum Gasteiger partial charge on any atom is 0.405 e. The van der Waals surface area contributed by atoms with E-state index in [0.717, 1.165) is 5.39 Å². The number of hydrogen-bond acceptors (Lipinski definition) is 2. The molecule has 2 N–H and O–H groups in total. The number of alkyl halides is 3. The van der Waals surface area contributed by atoms with Gasteiger partial charge in [-0.1, -0.05) is 18.2 Å². The minimum Gasteiger partial charge on any atom is -0.392 e. The van der Waals surface area contributed by atoms with Gasteiger partial charge in [0.25, 0.3) is 0 Å². The molecule has 0 unspecified atom stereocenters. The molecule has 1 amide bonds. The van der Waals surface area contributed by atoms with Crippen molar-refractivity contribution in [3.05, 3.63) is 36.0 Å². The van der Waals surface area contributed by atoms with Gasteiger partial charge in [0, 0.05) is 11.8 Å². The van der Waals surface area contributed by atoms with Crippen molar-refractivity contribution in [2.75, 3.05) is 6.54 Å². The molecule has 0 aliphatic rings. The average Bonchev–Trinajstić information content (AvgIpc) is 2.79. The van der Waals surface area contributed by atoms with Crippen LogP contribution in [0.4, 0.5) is 13.2 Å². The van der Waals surface area contributed by atoms with Crippen molar-refractivity contribution in [2.24, 2.45) is 0 Å². The van der Waals surface area contributed by atoms with Gasteiger partial charge in [0.2, 0.25) is 5.91 Å². The SMILES string of the molecule is O=C(Cn1ccc2cccc(CO)c21)NCC(F)(F)F. The van der Waals surface area contributed by atoms with E-state index in [9.17, 15) is 23.1 Å². The molecule has 0 aliphatic heterocycles. The summed E-state index contributed by atoms with van der Waals surface area (Å²) >= 11 is 0. The first-order chi connectivity index (χ1) is 9.40. The number of fused-ring (bicyclic) bond motifs is 1. The highest BCUT2D eigenvalue weighted by atomic mass is 19.4. The number of carbonyl (C=O) groups is 1. The van der Waals surface area contributed by atoms with Gasteiger partial charge in [-0.25, -0.2) is 0 Å². The van der Waals surface area contributed by atoms with Gasteiger partial charge in [-0.3, -0.25) is 4.79 Å². The van der Waals surface area contributed by atoms with Crippen LogP contribution in [0, 0.1) is 0 Å². The van der Waals surface area contributed by atoms with Gasteiger partial charge in [-0.15, -0.1) is 0 Å². The molecular weight excluding hydrogens is 273 g/mol. The van der Waals surface area contributed by atoms with Crippen molar-refractivity contribution in [1.29, 1.82) is 0 Å². The van der Waals surface area contributed by atoms with Crippen LogP contribution in [0.25, 0.3) is 10.9 Å². The lowest BCUT2D eigenvalue weighted by atomic mass is 10.1. The maximum atomic E-state index is 12.0. The van der Waals surface area contributed by atoms with E-state index in [1.165, 1.54) is 4.57 Å². The summed E-state index contributed by atoms with van der Waals surface area (Å²) in [5, 5.41) is 11.9. The Morgan fingerprint density at radius 2 is 2.05 bits per heavy atom. The Kier molecular flexibility index (Phi) is 3.99. The third-order valence-corrected chi connectivity index (χ3v) is 2.84. The summed E-state index contributed by atoms with van der Waals surface area (Å²) in [5.74, 6) is -0.729. The van der Waals surface area contributed by atoms with E-state index in [1.54, 1.807) is 30.5 Å². The van der Waals surface area contributed by atoms with Crippen LogP contribution in [-0.2, 0) is 17.9 Å². The lowest BCUT2D eigenvalue weighted by molar-refractivity contribution is -0.138. The molecule has 0 aliphatic carbocycles. The second-order valence-electron chi connectivity index (χ2n) is 4.35. The van der Waals surface area contributed by atoms with Crippen molar-refractivity contribution in [3.63, 3.8) is 0 Å². The molecule has 0 atom stereocenters. The Labute approximate surface area is 112 Å². The number of rotatable bonds is 4. The second-order valence-corrected chi connectivity index (χ2v) is 4.35. The van der Waals surface area contributed by atoms with Gasteiger partial charge < -0.3 is 15.0 Å². The molecule has 108 valence electrons. The fourth-order valence-electron chi connectivity index (χ4n) is 2.01. The number of nitrogens with one attached hydrogen (secondary N) is 1. The predicted molar refractivity (Wildman–Crippen MR) is 66.9 cm³/mol. The number of amides is 1. The van der Waals surface area contributed by atoms with Gasteiger partial charge >= 0.3 is 6.18 Å². The number of benzene rings is 1. The minimum absolute atomic E-state index is 0.203. The summed E-state index contributed by atoms with van der Waals surface area (Å²) in [6.07, 6.45) is -2.82. The summed E-state index contributed by atoms with van der Waals surface area (Å²) in [6.45, 7) is -1.78. The minimum atomic E-state index is -4.43. The zero-order valence-corrected chi connectivity index (χ0v) is 10.4. The van der Waals surface area contributed by atoms with Gasteiger partial charge in [-0.05, 0) is 11.5 Å². The number of aliphatic hydroxyl groups is 1. The van der Waals surface area contributed by atoms with Gasteiger partial charge in [0.1, 0.15) is 13.1 Å². The first kappa shape index (κ1) is 14.4. The van der Waals surface area contributed by atoms with Gasteiger partial charge in [-0.2, -0.15) is 13.2 Å². The number of nitrogens with zero attached hydrogens (tertiary/aromatic N) is 1. The lowest BCUT2D eigenvalue weighted by Crippen LogP contribution is -2.35. The van der Waals surface area contributed by atoms with E-state index < -0.39 is 18.6 Å². The molecule has 0 saturated carbocycles. The number of para-hydroxylation sites is 1. The third kappa shape index (κ3) is 3.30. The molecule has 1 aromatic carbocycles. The Hall–Kier alpha value is -2.02. The van der Waals surface area contributed by atoms with Crippen LogP contribution in [-0.4, -0.2) is 28.3 Å². The highest BCUT2D eigenvalue weighted by Gasteiger charge is 2.27. The number of aromatic nitrogens is 1. The van der Waals surface area contributed by atoms with E-state index in [2.05, 4.69) is 0 Å². The van der Waals surface area contributed by atoms with E-state index in [0.29, 0.717) is 11.1 Å². The van der Waals surface area contributed by atoms with Crippen LogP contribution in [0.1, 0.15) is 5.56 Å². The largest absolute Gasteiger partial charge is 0.405 e. The van der Waals surface area contributed by atoms with E-state index in [1.807, 2.05) is 5.32 Å². The van der Waals surface area contributed by atoms with E-state index >= 15 is 0 Å². The quantitative estimate of drug-likeness (QED) is 0.900. The van der Waals surface area contributed by atoms with Crippen molar-refractivity contribution in [2.45, 2.75) is 19.3 Å². The zero-order valence-electron chi connectivity index (χ0n) is 10.4. The predicted octanol–water partition coefficient (Wildman–Crippen LogP) is 1.81. The summed E-state index contributed by atoms with van der Waals surface area (Å²) in [4.78, 5) is 11.5. The normalized spacial score (nSPS) is 11.8. The molecule has 4 nitrogen and oxygen atoms in total. The van der Waals surface area contributed by atoms with Crippen molar-refractivity contribution in [3.8, 4) is 0 Å². The van der Waals surface area contributed by atoms with Crippen LogP contribution < -0.4 is 5.32 Å². The summed E-state index contributed by atoms with van der Waals surface area (Å²) in [5.41, 5.74) is 1.27. The number of carbonyl (C=O) groups excluding carboxylic acids is 1. The first-order valence-corrected chi connectivity index (χ1v) is 5.92. The molecule has 7 heteroatoms.